The van der Waals surface area contributed by atoms with Crippen molar-refractivity contribution in [1.82, 2.24) is 4.90 Å². The first-order valence-electron chi connectivity index (χ1n) is 8.28. The average Bonchev–Trinajstić information content (AvgIpc) is 2.59. The van der Waals surface area contributed by atoms with E-state index in [1.54, 1.807) is 14.2 Å². The van der Waals surface area contributed by atoms with Gasteiger partial charge in [0.15, 0.2) is 11.5 Å². The quantitative estimate of drug-likeness (QED) is 0.874. The average molecular weight is 320 g/mol. The lowest BCUT2D eigenvalue weighted by Gasteiger charge is -2.31. The molecule has 1 aliphatic heterocycles. The molecule has 1 aliphatic rings. The molecule has 1 aromatic carbocycles. The Morgan fingerprint density at radius 1 is 1.26 bits per heavy atom. The third kappa shape index (κ3) is 4.38. The van der Waals surface area contributed by atoms with E-state index >= 15 is 0 Å². The number of hydrogen-bond acceptors (Lipinski definition) is 4. The molecule has 1 aromatic rings. The molecule has 0 spiro atoms. The molecule has 2 rings (SSSR count). The van der Waals surface area contributed by atoms with Crippen LogP contribution >= 0.6 is 0 Å². The number of amides is 1. The van der Waals surface area contributed by atoms with Gasteiger partial charge in [-0.15, -0.1) is 0 Å². The Hall–Kier alpha value is -1.75. The molecular weight excluding hydrogens is 292 g/mol. The van der Waals surface area contributed by atoms with Crippen LogP contribution in [-0.2, 0) is 4.79 Å². The van der Waals surface area contributed by atoms with Gasteiger partial charge in [0.25, 0.3) is 0 Å². The van der Waals surface area contributed by atoms with Crippen molar-refractivity contribution in [3.63, 3.8) is 0 Å². The number of nitrogens with zero attached hydrogens (tertiary/aromatic N) is 1. The Morgan fingerprint density at radius 3 is 2.48 bits per heavy atom. The minimum atomic E-state index is 0.00153. The normalized spacial score (nSPS) is 17.0. The van der Waals surface area contributed by atoms with Crippen LogP contribution in [0.4, 0.5) is 0 Å². The first-order valence-corrected chi connectivity index (χ1v) is 8.28. The van der Waals surface area contributed by atoms with Crippen molar-refractivity contribution in [2.45, 2.75) is 32.1 Å². The van der Waals surface area contributed by atoms with E-state index in [0.717, 1.165) is 37.4 Å². The summed E-state index contributed by atoms with van der Waals surface area (Å²) in [5.74, 6) is 2.27. The summed E-state index contributed by atoms with van der Waals surface area (Å²) in [4.78, 5) is 14.5. The van der Waals surface area contributed by atoms with Crippen LogP contribution in [0.2, 0.25) is 0 Å². The number of carbonyl (C=O) groups is 1. The van der Waals surface area contributed by atoms with Crippen molar-refractivity contribution in [3.8, 4) is 11.5 Å². The molecule has 0 aliphatic carbocycles. The number of nitrogens with two attached hydrogens (primary N) is 1. The predicted octanol–water partition coefficient (Wildman–Crippen LogP) is 2.39. The number of benzene rings is 1. The minimum Gasteiger partial charge on any atom is -0.493 e. The highest BCUT2D eigenvalue weighted by Crippen LogP contribution is 2.32. The topological polar surface area (TPSA) is 64.8 Å². The van der Waals surface area contributed by atoms with E-state index in [4.69, 9.17) is 15.2 Å². The fraction of sp³-hybridized carbons (Fsp3) is 0.611. The zero-order valence-electron chi connectivity index (χ0n) is 14.4. The zero-order valence-corrected chi connectivity index (χ0v) is 14.4. The van der Waals surface area contributed by atoms with Crippen molar-refractivity contribution in [2.24, 2.45) is 11.7 Å². The first kappa shape index (κ1) is 17.6. The van der Waals surface area contributed by atoms with Crippen LogP contribution in [0.5, 0.6) is 11.5 Å². The number of methoxy groups -OCH3 is 2. The monoisotopic (exact) mass is 320 g/mol. The van der Waals surface area contributed by atoms with Gasteiger partial charge in [0.2, 0.25) is 5.91 Å². The summed E-state index contributed by atoms with van der Waals surface area (Å²) < 4.78 is 10.6. The molecule has 1 saturated heterocycles. The largest absolute Gasteiger partial charge is 0.493 e. The van der Waals surface area contributed by atoms with E-state index in [1.807, 2.05) is 23.1 Å². The molecule has 1 heterocycles. The van der Waals surface area contributed by atoms with Crippen molar-refractivity contribution < 1.29 is 14.3 Å². The summed E-state index contributed by atoms with van der Waals surface area (Å²) in [5.41, 5.74) is 6.94. The molecule has 1 amide bonds. The van der Waals surface area contributed by atoms with Gasteiger partial charge in [0.1, 0.15) is 0 Å². The maximum atomic E-state index is 12.5. The molecule has 1 unspecified atom stereocenters. The van der Waals surface area contributed by atoms with Crippen LogP contribution in [0.25, 0.3) is 0 Å². The Balaban J connectivity index is 2.06. The van der Waals surface area contributed by atoms with Gasteiger partial charge in [0.05, 0.1) is 14.2 Å². The van der Waals surface area contributed by atoms with E-state index in [1.165, 1.54) is 0 Å². The van der Waals surface area contributed by atoms with Gasteiger partial charge < -0.3 is 20.1 Å². The van der Waals surface area contributed by atoms with Crippen LogP contribution in [0.3, 0.4) is 0 Å². The van der Waals surface area contributed by atoms with Gasteiger partial charge in [0, 0.05) is 25.4 Å². The lowest BCUT2D eigenvalue weighted by molar-refractivity contribution is -0.132. The highest BCUT2D eigenvalue weighted by Gasteiger charge is 2.23. The molecule has 0 radical (unpaired) electrons. The van der Waals surface area contributed by atoms with Crippen molar-refractivity contribution in [2.75, 3.05) is 33.9 Å². The van der Waals surface area contributed by atoms with Crippen LogP contribution in [0.1, 0.15) is 37.7 Å². The van der Waals surface area contributed by atoms with E-state index < -0.39 is 0 Å². The predicted molar refractivity (Wildman–Crippen MR) is 90.9 cm³/mol. The molecule has 128 valence electrons. The third-order valence-corrected chi connectivity index (χ3v) is 4.72. The fourth-order valence-corrected chi connectivity index (χ4v) is 3.04. The van der Waals surface area contributed by atoms with Crippen molar-refractivity contribution >= 4 is 5.91 Å². The molecule has 0 saturated carbocycles. The third-order valence-electron chi connectivity index (χ3n) is 4.72. The lowest BCUT2D eigenvalue weighted by Crippen LogP contribution is -2.39. The van der Waals surface area contributed by atoms with Gasteiger partial charge in [-0.2, -0.15) is 0 Å². The standard InChI is InChI=1S/C18H28N2O3/c1-13-6-8-20(9-7-13)18(21)11-15(12-19)14-4-5-16(22-2)17(10-14)23-3/h4-5,10,13,15H,6-9,11-12,19H2,1-3H3. The number of likely N-dealkylation sites (tertiary alicyclic amines) is 1. The first-order chi connectivity index (χ1) is 11.1. The van der Waals surface area contributed by atoms with Gasteiger partial charge >= 0.3 is 0 Å². The van der Waals surface area contributed by atoms with Crippen LogP contribution in [0, 0.1) is 5.92 Å². The summed E-state index contributed by atoms with van der Waals surface area (Å²) in [6, 6.07) is 5.75. The van der Waals surface area contributed by atoms with Crippen LogP contribution in [0.15, 0.2) is 18.2 Å². The second-order valence-corrected chi connectivity index (χ2v) is 6.31. The second-order valence-electron chi connectivity index (χ2n) is 6.31. The summed E-state index contributed by atoms with van der Waals surface area (Å²) in [6.45, 7) is 4.41. The summed E-state index contributed by atoms with van der Waals surface area (Å²) >= 11 is 0. The fourth-order valence-electron chi connectivity index (χ4n) is 3.04. The molecule has 5 nitrogen and oxygen atoms in total. The van der Waals surface area contributed by atoms with Gasteiger partial charge in [-0.05, 0) is 43.0 Å². The summed E-state index contributed by atoms with van der Waals surface area (Å²) in [5, 5.41) is 0. The molecule has 1 fully saturated rings. The molecule has 0 bridgehead atoms. The Bertz CT molecular complexity index is 525. The molecule has 1 atom stereocenters. The zero-order chi connectivity index (χ0) is 16.8. The van der Waals surface area contributed by atoms with Gasteiger partial charge in [-0.1, -0.05) is 13.0 Å². The molecule has 0 aromatic heterocycles. The number of piperidine rings is 1. The molecular formula is C18H28N2O3. The van der Waals surface area contributed by atoms with Crippen LogP contribution < -0.4 is 15.2 Å². The summed E-state index contributed by atoms with van der Waals surface area (Å²) in [7, 11) is 3.22. The number of hydrogen-bond donors (Lipinski definition) is 1. The maximum Gasteiger partial charge on any atom is 0.223 e. The molecule has 5 heteroatoms. The Morgan fingerprint density at radius 2 is 1.91 bits per heavy atom. The van der Waals surface area contributed by atoms with Crippen molar-refractivity contribution in [3.05, 3.63) is 23.8 Å². The number of ether oxygens (including phenoxy) is 2. The van der Waals surface area contributed by atoms with Gasteiger partial charge in [-0.25, -0.2) is 0 Å². The maximum absolute atomic E-state index is 12.5. The Kier molecular flexibility index (Phi) is 6.28. The minimum absolute atomic E-state index is 0.00153. The second kappa shape index (κ2) is 8.20. The number of rotatable bonds is 6. The summed E-state index contributed by atoms with van der Waals surface area (Å²) in [6.07, 6.45) is 2.63. The Labute approximate surface area is 138 Å². The smallest absolute Gasteiger partial charge is 0.223 e. The molecule has 2 N–H and O–H groups in total. The SMILES string of the molecule is COc1ccc(C(CN)CC(=O)N2CCC(C)CC2)cc1OC. The lowest BCUT2D eigenvalue weighted by atomic mass is 9.93. The number of carbonyl (C=O) groups excluding carboxylic acids is 1. The van der Waals surface area contributed by atoms with E-state index in [9.17, 15) is 4.79 Å². The van der Waals surface area contributed by atoms with E-state index in [0.29, 0.717) is 24.5 Å². The highest BCUT2D eigenvalue weighted by molar-refractivity contribution is 5.77. The highest BCUT2D eigenvalue weighted by atomic mass is 16.5. The molecule has 23 heavy (non-hydrogen) atoms. The van der Waals surface area contributed by atoms with Crippen LogP contribution in [-0.4, -0.2) is 44.7 Å². The van der Waals surface area contributed by atoms with Gasteiger partial charge in [-0.3, -0.25) is 4.79 Å². The van der Waals surface area contributed by atoms with E-state index in [2.05, 4.69) is 6.92 Å². The van der Waals surface area contributed by atoms with E-state index in [-0.39, 0.29) is 11.8 Å². The van der Waals surface area contributed by atoms with Crippen molar-refractivity contribution in [1.29, 1.82) is 0 Å².